The van der Waals surface area contributed by atoms with Crippen molar-refractivity contribution in [2.75, 3.05) is 13.2 Å². The third-order valence-corrected chi connectivity index (χ3v) is 2.81. The summed E-state index contributed by atoms with van der Waals surface area (Å²) in [4.78, 5) is 35.0. The van der Waals surface area contributed by atoms with Crippen LogP contribution in [0, 0.1) is 0 Å². The minimum absolute atomic E-state index is 0.0510. The Morgan fingerprint density at radius 1 is 0.952 bits per heavy atom. The third kappa shape index (κ3) is 5.02. The van der Waals surface area contributed by atoms with Gasteiger partial charge in [0.25, 0.3) is 0 Å². The summed E-state index contributed by atoms with van der Waals surface area (Å²) in [6, 6.07) is 6.75. The standard InChI is InChI=1S/C16H20O5/c1-4-20-15(18)14(16(19)21-5-2)13-8-6-12(7-9-13)10-11(3)17/h6-9,14H,4-5,10H2,1-3H3. The Labute approximate surface area is 124 Å². The summed E-state index contributed by atoms with van der Waals surface area (Å²) in [5, 5.41) is 0. The molecule has 0 bridgehead atoms. The molecule has 21 heavy (non-hydrogen) atoms. The number of hydrogen-bond acceptors (Lipinski definition) is 5. The van der Waals surface area contributed by atoms with Gasteiger partial charge in [-0.05, 0) is 31.9 Å². The highest BCUT2D eigenvalue weighted by atomic mass is 16.6. The Hall–Kier alpha value is -2.17. The van der Waals surface area contributed by atoms with E-state index < -0.39 is 17.9 Å². The molecular weight excluding hydrogens is 272 g/mol. The second-order valence-corrected chi connectivity index (χ2v) is 4.56. The predicted octanol–water partition coefficient (Wildman–Crippen LogP) is 2.03. The van der Waals surface area contributed by atoms with Crippen molar-refractivity contribution < 1.29 is 23.9 Å². The number of hydrogen-bond donors (Lipinski definition) is 0. The lowest BCUT2D eigenvalue weighted by Crippen LogP contribution is -2.26. The summed E-state index contributed by atoms with van der Waals surface area (Å²) in [6.45, 7) is 5.24. The number of carbonyl (C=O) groups excluding carboxylic acids is 3. The summed E-state index contributed by atoms with van der Waals surface area (Å²) in [5.41, 5.74) is 1.33. The van der Waals surface area contributed by atoms with E-state index >= 15 is 0 Å². The quantitative estimate of drug-likeness (QED) is 0.568. The highest BCUT2D eigenvalue weighted by Gasteiger charge is 2.31. The van der Waals surface area contributed by atoms with Gasteiger partial charge in [-0.1, -0.05) is 24.3 Å². The van der Waals surface area contributed by atoms with E-state index in [1.807, 2.05) is 0 Å². The minimum atomic E-state index is -1.09. The van der Waals surface area contributed by atoms with Gasteiger partial charge in [0, 0.05) is 6.42 Å². The first-order valence-electron chi connectivity index (χ1n) is 6.91. The van der Waals surface area contributed by atoms with E-state index in [2.05, 4.69) is 0 Å². The van der Waals surface area contributed by atoms with Crippen molar-refractivity contribution >= 4 is 17.7 Å². The molecule has 1 aromatic rings. The maximum atomic E-state index is 11.9. The zero-order valence-electron chi connectivity index (χ0n) is 12.5. The molecule has 0 spiro atoms. The lowest BCUT2D eigenvalue weighted by molar-refractivity contribution is -0.157. The first-order chi connectivity index (χ1) is 9.99. The second-order valence-electron chi connectivity index (χ2n) is 4.56. The molecule has 0 atom stereocenters. The van der Waals surface area contributed by atoms with Gasteiger partial charge in [0.05, 0.1) is 13.2 Å². The van der Waals surface area contributed by atoms with Crippen molar-refractivity contribution in [3.63, 3.8) is 0 Å². The molecule has 1 rings (SSSR count). The molecule has 0 aliphatic rings. The van der Waals surface area contributed by atoms with Gasteiger partial charge in [0.15, 0.2) is 5.92 Å². The Morgan fingerprint density at radius 2 is 1.43 bits per heavy atom. The average molecular weight is 292 g/mol. The van der Waals surface area contributed by atoms with Gasteiger partial charge in [-0.3, -0.25) is 14.4 Å². The highest BCUT2D eigenvalue weighted by molar-refractivity contribution is 6.00. The van der Waals surface area contributed by atoms with Gasteiger partial charge in [-0.2, -0.15) is 0 Å². The van der Waals surface area contributed by atoms with E-state index in [1.54, 1.807) is 38.1 Å². The van der Waals surface area contributed by atoms with E-state index in [9.17, 15) is 14.4 Å². The SMILES string of the molecule is CCOC(=O)C(C(=O)OCC)c1ccc(CC(C)=O)cc1. The smallest absolute Gasteiger partial charge is 0.324 e. The maximum absolute atomic E-state index is 11.9. The zero-order chi connectivity index (χ0) is 15.8. The number of carbonyl (C=O) groups is 3. The number of benzene rings is 1. The third-order valence-electron chi connectivity index (χ3n) is 2.81. The van der Waals surface area contributed by atoms with Crippen LogP contribution in [0.25, 0.3) is 0 Å². The molecule has 0 fully saturated rings. The Balaban J connectivity index is 2.99. The summed E-state index contributed by atoms with van der Waals surface area (Å²) in [6.07, 6.45) is 0.323. The number of esters is 2. The number of rotatable bonds is 7. The van der Waals surface area contributed by atoms with Gasteiger partial charge in [0.2, 0.25) is 0 Å². The molecule has 5 heteroatoms. The van der Waals surface area contributed by atoms with E-state index in [0.717, 1.165) is 5.56 Å². The van der Waals surface area contributed by atoms with Crippen molar-refractivity contribution in [3.05, 3.63) is 35.4 Å². The van der Waals surface area contributed by atoms with Gasteiger partial charge in [-0.25, -0.2) is 0 Å². The molecule has 0 radical (unpaired) electrons. The monoisotopic (exact) mass is 292 g/mol. The van der Waals surface area contributed by atoms with Crippen LogP contribution >= 0.6 is 0 Å². The molecular formula is C16H20O5. The molecule has 0 saturated carbocycles. The molecule has 0 heterocycles. The largest absolute Gasteiger partial charge is 0.465 e. The molecule has 0 N–H and O–H groups in total. The fourth-order valence-electron chi connectivity index (χ4n) is 1.93. The van der Waals surface area contributed by atoms with Crippen LogP contribution in [0.15, 0.2) is 24.3 Å². The van der Waals surface area contributed by atoms with Crippen molar-refractivity contribution in [3.8, 4) is 0 Å². The maximum Gasteiger partial charge on any atom is 0.324 e. The van der Waals surface area contributed by atoms with Gasteiger partial charge in [-0.15, -0.1) is 0 Å². The normalized spacial score (nSPS) is 10.3. The fraction of sp³-hybridized carbons (Fsp3) is 0.438. The topological polar surface area (TPSA) is 69.7 Å². The molecule has 0 aromatic heterocycles. The van der Waals surface area contributed by atoms with Crippen molar-refractivity contribution in [1.82, 2.24) is 0 Å². The van der Waals surface area contributed by atoms with Gasteiger partial charge < -0.3 is 9.47 Å². The molecule has 5 nitrogen and oxygen atoms in total. The van der Waals surface area contributed by atoms with Crippen LogP contribution in [0.2, 0.25) is 0 Å². The molecule has 114 valence electrons. The van der Waals surface area contributed by atoms with Crippen molar-refractivity contribution in [2.24, 2.45) is 0 Å². The highest BCUT2D eigenvalue weighted by Crippen LogP contribution is 2.20. The van der Waals surface area contributed by atoms with Crippen LogP contribution in [-0.2, 0) is 30.3 Å². The molecule has 0 saturated heterocycles. The molecule has 0 aliphatic heterocycles. The zero-order valence-corrected chi connectivity index (χ0v) is 12.5. The average Bonchev–Trinajstić information content (AvgIpc) is 2.41. The van der Waals surface area contributed by atoms with Crippen LogP contribution in [0.3, 0.4) is 0 Å². The minimum Gasteiger partial charge on any atom is -0.465 e. The first kappa shape index (κ1) is 16.9. The first-order valence-corrected chi connectivity index (χ1v) is 6.91. The van der Waals surface area contributed by atoms with E-state index in [1.165, 1.54) is 6.92 Å². The van der Waals surface area contributed by atoms with Crippen LogP contribution in [0.5, 0.6) is 0 Å². The second kappa shape index (κ2) is 8.19. The van der Waals surface area contributed by atoms with Crippen LogP contribution < -0.4 is 0 Å². The molecule has 0 unspecified atom stereocenters. The number of ketones is 1. The van der Waals surface area contributed by atoms with Crippen LogP contribution in [0.1, 0.15) is 37.8 Å². The van der Waals surface area contributed by atoms with Crippen LogP contribution in [-0.4, -0.2) is 30.9 Å². The summed E-state index contributed by atoms with van der Waals surface area (Å²) in [7, 11) is 0. The van der Waals surface area contributed by atoms with Crippen molar-refractivity contribution in [2.45, 2.75) is 33.1 Å². The Kier molecular flexibility index (Phi) is 6.59. The molecule has 1 aromatic carbocycles. The van der Waals surface area contributed by atoms with E-state index in [4.69, 9.17) is 9.47 Å². The van der Waals surface area contributed by atoms with E-state index in [0.29, 0.717) is 12.0 Å². The molecule has 0 aliphatic carbocycles. The number of ether oxygens (including phenoxy) is 2. The van der Waals surface area contributed by atoms with Gasteiger partial charge in [0.1, 0.15) is 5.78 Å². The summed E-state index contributed by atoms with van der Waals surface area (Å²) < 4.78 is 9.85. The lowest BCUT2D eigenvalue weighted by atomic mass is 9.97. The van der Waals surface area contributed by atoms with Crippen LogP contribution in [0.4, 0.5) is 0 Å². The van der Waals surface area contributed by atoms with E-state index in [-0.39, 0.29) is 19.0 Å². The van der Waals surface area contributed by atoms with Crippen molar-refractivity contribution in [1.29, 1.82) is 0 Å². The lowest BCUT2D eigenvalue weighted by Gasteiger charge is -2.15. The Morgan fingerprint density at radius 3 is 1.81 bits per heavy atom. The Bertz CT molecular complexity index is 486. The predicted molar refractivity (Wildman–Crippen MR) is 76.8 cm³/mol. The number of Topliss-reactive ketones (excluding diaryl/α,β-unsaturated/α-hetero) is 1. The molecule has 0 amide bonds. The summed E-state index contributed by atoms with van der Waals surface area (Å²) >= 11 is 0. The van der Waals surface area contributed by atoms with Gasteiger partial charge >= 0.3 is 11.9 Å². The fourth-order valence-corrected chi connectivity index (χ4v) is 1.93. The summed E-state index contributed by atoms with van der Waals surface area (Å²) in [5.74, 6) is -2.29.